The standard InChI is InChI=1S/C16H21N3O4S2/c1-2-3-4-5-9-24-14-12(15(20)21)13(25-19-14)18-16(22)17-10-11-7-6-8-23-11/h6-8H,2-5,9-10H2,1H3,(H,20,21)(H2,17,18,22). The van der Waals surface area contributed by atoms with E-state index in [-0.39, 0.29) is 17.1 Å². The van der Waals surface area contributed by atoms with Crippen LogP contribution in [0.15, 0.2) is 27.8 Å². The summed E-state index contributed by atoms with van der Waals surface area (Å²) in [7, 11) is 0. The summed E-state index contributed by atoms with van der Waals surface area (Å²) in [5.74, 6) is 0.334. The molecule has 0 aliphatic rings. The number of unbranched alkanes of at least 4 members (excludes halogenated alkanes) is 3. The van der Waals surface area contributed by atoms with Gasteiger partial charge in [-0.1, -0.05) is 26.2 Å². The number of anilines is 1. The molecule has 0 aromatic carbocycles. The molecule has 0 bridgehead atoms. The van der Waals surface area contributed by atoms with Crippen LogP contribution in [0.5, 0.6) is 0 Å². The number of amides is 2. The van der Waals surface area contributed by atoms with Crippen LogP contribution in [0.25, 0.3) is 0 Å². The van der Waals surface area contributed by atoms with E-state index in [9.17, 15) is 14.7 Å². The fourth-order valence-electron chi connectivity index (χ4n) is 2.07. The van der Waals surface area contributed by atoms with Crippen molar-refractivity contribution >= 4 is 40.3 Å². The minimum Gasteiger partial charge on any atom is -0.477 e. The van der Waals surface area contributed by atoms with Crippen molar-refractivity contribution in [2.24, 2.45) is 0 Å². The number of thioether (sulfide) groups is 1. The molecule has 9 heteroatoms. The van der Waals surface area contributed by atoms with Crippen LogP contribution in [-0.2, 0) is 6.54 Å². The first-order valence-corrected chi connectivity index (χ1v) is 9.80. The number of aromatic carboxylic acids is 1. The molecular formula is C16H21N3O4S2. The number of aromatic nitrogens is 1. The maximum Gasteiger partial charge on any atom is 0.341 e. The van der Waals surface area contributed by atoms with Gasteiger partial charge in [0, 0.05) is 0 Å². The van der Waals surface area contributed by atoms with Crippen LogP contribution in [-0.4, -0.2) is 27.2 Å². The highest BCUT2D eigenvalue weighted by Gasteiger charge is 2.22. The van der Waals surface area contributed by atoms with Gasteiger partial charge in [0.1, 0.15) is 21.4 Å². The fraction of sp³-hybridized carbons (Fsp3) is 0.438. The van der Waals surface area contributed by atoms with Gasteiger partial charge in [-0.15, -0.1) is 11.8 Å². The van der Waals surface area contributed by atoms with Crippen molar-refractivity contribution < 1.29 is 19.1 Å². The average Bonchev–Trinajstić information content (AvgIpc) is 3.22. The van der Waals surface area contributed by atoms with Crippen molar-refractivity contribution in [3.05, 3.63) is 29.7 Å². The highest BCUT2D eigenvalue weighted by Crippen LogP contribution is 2.32. The van der Waals surface area contributed by atoms with Crippen molar-refractivity contribution in [3.8, 4) is 0 Å². The molecule has 2 heterocycles. The van der Waals surface area contributed by atoms with Crippen molar-refractivity contribution in [1.82, 2.24) is 9.69 Å². The molecule has 2 aromatic heterocycles. The second-order valence-corrected chi connectivity index (χ2v) is 7.15. The van der Waals surface area contributed by atoms with Crippen LogP contribution in [0.2, 0.25) is 0 Å². The molecule has 0 atom stereocenters. The molecule has 0 spiro atoms. The number of furan rings is 1. The molecule has 0 aliphatic carbocycles. The Morgan fingerprint density at radius 1 is 1.36 bits per heavy atom. The Morgan fingerprint density at radius 2 is 2.20 bits per heavy atom. The molecule has 25 heavy (non-hydrogen) atoms. The van der Waals surface area contributed by atoms with E-state index in [4.69, 9.17) is 4.42 Å². The summed E-state index contributed by atoms with van der Waals surface area (Å²) in [6.07, 6.45) is 5.98. The molecule has 0 saturated heterocycles. The van der Waals surface area contributed by atoms with Gasteiger partial charge >= 0.3 is 12.0 Å². The molecule has 7 nitrogen and oxygen atoms in total. The van der Waals surface area contributed by atoms with Crippen LogP contribution >= 0.6 is 23.3 Å². The van der Waals surface area contributed by atoms with E-state index in [1.807, 2.05) is 0 Å². The molecule has 0 saturated carbocycles. The van der Waals surface area contributed by atoms with Gasteiger partial charge in [-0.3, -0.25) is 5.32 Å². The van der Waals surface area contributed by atoms with Crippen LogP contribution in [0, 0.1) is 0 Å². The SMILES string of the molecule is CCCCCCSc1nsc(NC(=O)NCc2ccco2)c1C(=O)O. The van der Waals surface area contributed by atoms with Crippen molar-refractivity contribution in [2.75, 3.05) is 11.1 Å². The first-order valence-electron chi connectivity index (χ1n) is 8.04. The lowest BCUT2D eigenvalue weighted by molar-refractivity contribution is 0.0694. The van der Waals surface area contributed by atoms with Gasteiger partial charge in [-0.2, -0.15) is 4.37 Å². The molecule has 0 unspecified atom stereocenters. The maximum absolute atomic E-state index is 11.9. The van der Waals surface area contributed by atoms with E-state index in [0.717, 1.165) is 36.5 Å². The second kappa shape index (κ2) is 10.1. The Balaban J connectivity index is 1.90. The summed E-state index contributed by atoms with van der Waals surface area (Å²) in [5.41, 5.74) is 0.0543. The molecule has 0 aliphatic heterocycles. The van der Waals surface area contributed by atoms with Crippen molar-refractivity contribution in [1.29, 1.82) is 0 Å². The first-order chi connectivity index (χ1) is 12.1. The molecule has 136 valence electrons. The lowest BCUT2D eigenvalue weighted by Crippen LogP contribution is -2.28. The quantitative estimate of drug-likeness (QED) is 0.414. The summed E-state index contributed by atoms with van der Waals surface area (Å²) >= 11 is 2.39. The number of hydrogen-bond acceptors (Lipinski definition) is 6. The lowest BCUT2D eigenvalue weighted by atomic mass is 10.2. The second-order valence-electron chi connectivity index (χ2n) is 5.29. The molecule has 2 amide bonds. The monoisotopic (exact) mass is 383 g/mol. The van der Waals surface area contributed by atoms with Gasteiger partial charge in [0.15, 0.2) is 0 Å². The molecular weight excluding hydrogens is 362 g/mol. The zero-order valence-electron chi connectivity index (χ0n) is 13.9. The Labute approximate surface area is 154 Å². The smallest absolute Gasteiger partial charge is 0.341 e. The largest absolute Gasteiger partial charge is 0.477 e. The summed E-state index contributed by atoms with van der Waals surface area (Å²) in [5, 5.41) is 15.3. The molecule has 3 N–H and O–H groups in total. The Kier molecular flexibility index (Phi) is 7.80. The molecule has 2 aromatic rings. The number of nitrogens with one attached hydrogen (secondary N) is 2. The summed E-state index contributed by atoms with van der Waals surface area (Å²) in [4.78, 5) is 23.5. The highest BCUT2D eigenvalue weighted by atomic mass is 32.2. The van der Waals surface area contributed by atoms with Crippen LogP contribution < -0.4 is 10.6 Å². The normalized spacial score (nSPS) is 10.6. The van der Waals surface area contributed by atoms with E-state index in [1.165, 1.54) is 24.4 Å². The summed E-state index contributed by atoms with van der Waals surface area (Å²) in [6, 6.07) is 2.97. The molecule has 0 radical (unpaired) electrons. The van der Waals surface area contributed by atoms with Gasteiger partial charge in [0.05, 0.1) is 12.8 Å². The third kappa shape index (κ3) is 6.09. The Bertz CT molecular complexity index is 686. The summed E-state index contributed by atoms with van der Waals surface area (Å²) < 4.78 is 9.30. The lowest BCUT2D eigenvalue weighted by Gasteiger charge is -2.05. The highest BCUT2D eigenvalue weighted by molar-refractivity contribution is 7.99. The van der Waals surface area contributed by atoms with Gasteiger partial charge in [-0.25, -0.2) is 9.59 Å². The number of hydrogen-bond donors (Lipinski definition) is 3. The number of urea groups is 1. The minimum atomic E-state index is -1.09. The van der Waals surface area contributed by atoms with Crippen LogP contribution in [0.1, 0.15) is 48.7 Å². The number of rotatable bonds is 10. The maximum atomic E-state index is 11.9. The van der Waals surface area contributed by atoms with E-state index < -0.39 is 12.0 Å². The van der Waals surface area contributed by atoms with E-state index in [1.54, 1.807) is 12.1 Å². The number of carbonyl (C=O) groups excluding carboxylic acids is 1. The summed E-state index contributed by atoms with van der Waals surface area (Å²) in [6.45, 7) is 2.37. The number of nitrogens with zero attached hydrogens (tertiary/aromatic N) is 1. The molecule has 2 rings (SSSR count). The first kappa shape index (κ1) is 19.3. The van der Waals surface area contributed by atoms with E-state index in [0.29, 0.717) is 10.8 Å². The predicted octanol–water partition coefficient (Wildman–Crippen LogP) is 4.43. The van der Waals surface area contributed by atoms with Gasteiger partial charge in [0.25, 0.3) is 0 Å². The predicted molar refractivity (Wildman–Crippen MR) is 98.5 cm³/mol. The van der Waals surface area contributed by atoms with Crippen LogP contribution in [0.4, 0.5) is 9.80 Å². The van der Waals surface area contributed by atoms with Crippen molar-refractivity contribution in [3.63, 3.8) is 0 Å². The van der Waals surface area contributed by atoms with Gasteiger partial charge < -0.3 is 14.8 Å². The van der Waals surface area contributed by atoms with E-state index >= 15 is 0 Å². The molecule has 0 fully saturated rings. The Hall–Kier alpha value is -2.00. The van der Waals surface area contributed by atoms with Gasteiger partial charge in [0.2, 0.25) is 0 Å². The zero-order valence-corrected chi connectivity index (χ0v) is 15.5. The minimum absolute atomic E-state index is 0.0543. The zero-order chi connectivity index (χ0) is 18.1. The van der Waals surface area contributed by atoms with Gasteiger partial charge in [-0.05, 0) is 35.8 Å². The topological polar surface area (TPSA) is 104 Å². The third-order valence-electron chi connectivity index (χ3n) is 3.34. The number of carboxylic acid groups (broad SMARTS) is 1. The van der Waals surface area contributed by atoms with E-state index in [2.05, 4.69) is 21.9 Å². The van der Waals surface area contributed by atoms with Crippen molar-refractivity contribution in [2.45, 2.75) is 44.2 Å². The average molecular weight is 383 g/mol. The Morgan fingerprint density at radius 3 is 2.88 bits per heavy atom. The number of carbonyl (C=O) groups is 2. The van der Waals surface area contributed by atoms with Crippen LogP contribution in [0.3, 0.4) is 0 Å². The third-order valence-corrected chi connectivity index (χ3v) is 5.28. The fourth-order valence-corrected chi connectivity index (χ4v) is 4.02. The number of carboxylic acids is 1.